The summed E-state index contributed by atoms with van der Waals surface area (Å²) in [6.07, 6.45) is 5.39. The lowest BCUT2D eigenvalue weighted by molar-refractivity contribution is 0.0733. The first-order valence-electron chi connectivity index (χ1n) is 9.09. The van der Waals surface area contributed by atoms with E-state index in [1.54, 1.807) is 12.4 Å². The molecule has 1 aromatic carbocycles. The average molecular weight is 359 g/mol. The van der Waals surface area contributed by atoms with E-state index >= 15 is 0 Å². The number of hydrogen-bond acceptors (Lipinski definition) is 5. The number of hydrogen-bond donors (Lipinski definition) is 1. The Labute approximate surface area is 158 Å². The number of carbonyl (C=O) groups excluding carboxylic acids is 1. The van der Waals surface area contributed by atoms with Crippen LogP contribution in [0.3, 0.4) is 0 Å². The highest BCUT2D eigenvalue weighted by molar-refractivity contribution is 5.94. The van der Waals surface area contributed by atoms with Crippen molar-refractivity contribution in [2.24, 2.45) is 0 Å². The smallest absolute Gasteiger partial charge is 0.254 e. The van der Waals surface area contributed by atoms with Gasteiger partial charge in [0.1, 0.15) is 5.82 Å². The molecule has 0 saturated carbocycles. The summed E-state index contributed by atoms with van der Waals surface area (Å²) in [7, 11) is 0. The summed E-state index contributed by atoms with van der Waals surface area (Å²) < 4.78 is 0. The fourth-order valence-corrected chi connectivity index (χ4v) is 3.34. The van der Waals surface area contributed by atoms with Gasteiger partial charge in [-0.3, -0.25) is 4.79 Å². The van der Waals surface area contributed by atoms with Gasteiger partial charge < -0.3 is 10.2 Å². The van der Waals surface area contributed by atoms with Crippen molar-refractivity contribution in [2.45, 2.75) is 25.8 Å². The lowest BCUT2D eigenvalue weighted by Crippen LogP contribution is -2.31. The van der Waals surface area contributed by atoms with Crippen molar-refractivity contribution < 1.29 is 4.79 Å². The quantitative estimate of drug-likeness (QED) is 0.765. The molecule has 0 bridgehead atoms. The Bertz CT molecular complexity index is 927. The van der Waals surface area contributed by atoms with Crippen LogP contribution in [0, 0.1) is 6.92 Å². The minimum atomic E-state index is -0.0350. The van der Waals surface area contributed by atoms with Crippen molar-refractivity contribution in [3.8, 4) is 0 Å². The molecule has 4 rings (SSSR count). The molecule has 1 N–H and O–H groups in total. The molecule has 27 heavy (non-hydrogen) atoms. The third kappa shape index (κ3) is 3.79. The second kappa shape index (κ2) is 7.53. The molecule has 0 aliphatic carbocycles. The first kappa shape index (κ1) is 17.1. The zero-order valence-corrected chi connectivity index (χ0v) is 15.2. The Morgan fingerprint density at radius 3 is 2.74 bits per heavy atom. The van der Waals surface area contributed by atoms with Gasteiger partial charge in [-0.15, -0.1) is 0 Å². The van der Waals surface area contributed by atoms with Crippen LogP contribution in [0.2, 0.25) is 0 Å². The summed E-state index contributed by atoms with van der Waals surface area (Å²) >= 11 is 0. The van der Waals surface area contributed by atoms with Gasteiger partial charge in [-0.2, -0.15) is 0 Å². The van der Waals surface area contributed by atoms with Crippen molar-refractivity contribution in [1.82, 2.24) is 19.9 Å². The van der Waals surface area contributed by atoms with Crippen LogP contribution in [-0.4, -0.2) is 32.3 Å². The lowest BCUT2D eigenvalue weighted by Gasteiger charge is -2.24. The van der Waals surface area contributed by atoms with Crippen LogP contribution < -0.4 is 5.32 Å². The van der Waals surface area contributed by atoms with Crippen LogP contribution in [0.15, 0.2) is 60.9 Å². The monoisotopic (exact) mass is 359 g/mol. The van der Waals surface area contributed by atoms with Crippen LogP contribution in [0.1, 0.15) is 40.5 Å². The molecule has 1 atom stereocenters. The normalized spacial score (nSPS) is 16.3. The Balaban J connectivity index is 1.55. The van der Waals surface area contributed by atoms with Crippen LogP contribution in [-0.2, 0) is 0 Å². The molecule has 3 heterocycles. The number of benzene rings is 1. The SMILES string of the molecule is Cc1ccc(Nc2nccc([C@@H]3CCCN3C(=O)c3ccccc3)n2)nc1. The third-order valence-corrected chi connectivity index (χ3v) is 4.70. The first-order chi connectivity index (χ1) is 13.2. The van der Waals surface area contributed by atoms with Crippen molar-refractivity contribution in [3.63, 3.8) is 0 Å². The van der Waals surface area contributed by atoms with Crippen LogP contribution in [0.4, 0.5) is 11.8 Å². The van der Waals surface area contributed by atoms with Crippen molar-refractivity contribution in [2.75, 3.05) is 11.9 Å². The standard InChI is InChI=1S/C21H21N5O/c1-15-9-10-19(23-14-15)25-21-22-12-11-17(24-21)18-8-5-13-26(18)20(27)16-6-3-2-4-7-16/h2-4,6-7,9-12,14,18H,5,8,13H2,1H3,(H,22,23,24,25)/t18-/m0/s1. The number of aromatic nitrogens is 3. The van der Waals surface area contributed by atoms with Gasteiger partial charge in [0.25, 0.3) is 5.91 Å². The zero-order chi connectivity index (χ0) is 18.6. The van der Waals surface area contributed by atoms with E-state index in [0.29, 0.717) is 17.3 Å². The number of nitrogens with zero attached hydrogens (tertiary/aromatic N) is 4. The molecule has 0 unspecified atom stereocenters. The van der Waals surface area contributed by atoms with Gasteiger partial charge in [-0.25, -0.2) is 15.0 Å². The summed E-state index contributed by atoms with van der Waals surface area (Å²) in [5.74, 6) is 1.23. The van der Waals surface area contributed by atoms with Gasteiger partial charge in [0.05, 0.1) is 11.7 Å². The van der Waals surface area contributed by atoms with Crippen molar-refractivity contribution in [1.29, 1.82) is 0 Å². The highest BCUT2D eigenvalue weighted by Crippen LogP contribution is 2.32. The maximum atomic E-state index is 12.9. The Morgan fingerprint density at radius 2 is 1.96 bits per heavy atom. The van der Waals surface area contributed by atoms with E-state index in [-0.39, 0.29) is 11.9 Å². The van der Waals surface area contributed by atoms with E-state index in [0.717, 1.165) is 30.6 Å². The molecule has 1 amide bonds. The fourth-order valence-electron chi connectivity index (χ4n) is 3.34. The number of aryl methyl sites for hydroxylation is 1. The van der Waals surface area contributed by atoms with E-state index < -0.39 is 0 Å². The highest BCUT2D eigenvalue weighted by Gasteiger charge is 2.31. The van der Waals surface area contributed by atoms with Crippen LogP contribution in [0.5, 0.6) is 0 Å². The summed E-state index contributed by atoms with van der Waals surface area (Å²) in [5, 5.41) is 3.13. The van der Waals surface area contributed by atoms with Gasteiger partial charge >= 0.3 is 0 Å². The Kier molecular flexibility index (Phi) is 4.78. The second-order valence-electron chi connectivity index (χ2n) is 6.67. The third-order valence-electron chi connectivity index (χ3n) is 4.70. The Morgan fingerprint density at radius 1 is 1.11 bits per heavy atom. The predicted molar refractivity (Wildman–Crippen MR) is 104 cm³/mol. The second-order valence-corrected chi connectivity index (χ2v) is 6.67. The van der Waals surface area contributed by atoms with E-state index in [1.807, 2.05) is 60.4 Å². The van der Waals surface area contributed by atoms with Crippen molar-refractivity contribution in [3.05, 3.63) is 77.7 Å². The minimum Gasteiger partial charge on any atom is -0.330 e. The molecule has 2 aromatic heterocycles. The number of anilines is 2. The number of nitrogens with one attached hydrogen (secondary N) is 1. The highest BCUT2D eigenvalue weighted by atomic mass is 16.2. The molecule has 1 saturated heterocycles. The molecule has 1 fully saturated rings. The molecular weight excluding hydrogens is 338 g/mol. The summed E-state index contributed by atoms with van der Waals surface area (Å²) in [6, 6.07) is 15.1. The summed E-state index contributed by atoms with van der Waals surface area (Å²) in [4.78, 5) is 28.1. The van der Waals surface area contributed by atoms with Gasteiger partial charge in [-0.05, 0) is 49.6 Å². The predicted octanol–water partition coefficient (Wildman–Crippen LogP) is 3.90. The van der Waals surface area contributed by atoms with E-state index in [9.17, 15) is 4.79 Å². The number of rotatable bonds is 4. The number of pyridine rings is 1. The van der Waals surface area contributed by atoms with Gasteiger partial charge in [0, 0.05) is 24.5 Å². The van der Waals surface area contributed by atoms with Crippen LogP contribution >= 0.6 is 0 Å². The number of amides is 1. The molecule has 6 nitrogen and oxygen atoms in total. The molecule has 0 spiro atoms. The average Bonchev–Trinajstić information content (AvgIpc) is 3.20. The molecular formula is C21H21N5O. The van der Waals surface area contributed by atoms with E-state index in [2.05, 4.69) is 20.3 Å². The van der Waals surface area contributed by atoms with Crippen molar-refractivity contribution >= 4 is 17.7 Å². The summed E-state index contributed by atoms with van der Waals surface area (Å²) in [6.45, 7) is 2.73. The molecule has 136 valence electrons. The maximum Gasteiger partial charge on any atom is 0.254 e. The lowest BCUT2D eigenvalue weighted by atomic mass is 10.1. The Hall–Kier alpha value is -3.28. The minimum absolute atomic E-state index is 0.0350. The number of carbonyl (C=O) groups is 1. The van der Waals surface area contributed by atoms with E-state index in [4.69, 9.17) is 0 Å². The topological polar surface area (TPSA) is 71.0 Å². The zero-order valence-electron chi connectivity index (χ0n) is 15.2. The van der Waals surface area contributed by atoms with Gasteiger partial charge in [-0.1, -0.05) is 24.3 Å². The largest absolute Gasteiger partial charge is 0.330 e. The van der Waals surface area contributed by atoms with Crippen LogP contribution in [0.25, 0.3) is 0 Å². The summed E-state index contributed by atoms with van der Waals surface area (Å²) in [5.41, 5.74) is 2.65. The molecule has 0 radical (unpaired) electrons. The first-order valence-corrected chi connectivity index (χ1v) is 9.09. The maximum absolute atomic E-state index is 12.9. The molecule has 3 aromatic rings. The number of likely N-dealkylation sites (tertiary alicyclic amines) is 1. The molecule has 1 aliphatic rings. The fraction of sp³-hybridized carbons (Fsp3) is 0.238. The molecule has 1 aliphatic heterocycles. The van der Waals surface area contributed by atoms with E-state index in [1.165, 1.54) is 0 Å². The van der Waals surface area contributed by atoms with Gasteiger partial charge in [0.2, 0.25) is 5.95 Å². The molecule has 6 heteroatoms. The van der Waals surface area contributed by atoms with Gasteiger partial charge in [0.15, 0.2) is 0 Å².